The first-order valence-corrected chi connectivity index (χ1v) is 6.52. The van der Waals surface area contributed by atoms with E-state index in [0.29, 0.717) is 23.2 Å². The normalized spacial score (nSPS) is 14.6. The van der Waals surface area contributed by atoms with Gasteiger partial charge in [-0.1, -0.05) is 11.6 Å². The molecule has 1 aliphatic rings. The lowest BCUT2D eigenvalue weighted by Crippen LogP contribution is -2.25. The van der Waals surface area contributed by atoms with Gasteiger partial charge in [0.2, 0.25) is 0 Å². The molecule has 0 radical (unpaired) electrons. The number of nitrogens with zero attached hydrogens (tertiary/aromatic N) is 1. The molecule has 5 heteroatoms. The average molecular weight is 269 g/mol. The van der Waals surface area contributed by atoms with Crippen molar-refractivity contribution in [3.05, 3.63) is 28.5 Å². The Labute approximate surface area is 112 Å². The quantitative estimate of drug-likeness (QED) is 0.805. The second-order valence-electron chi connectivity index (χ2n) is 4.50. The third kappa shape index (κ3) is 3.68. The largest absolute Gasteiger partial charge is 0.385 e. The van der Waals surface area contributed by atoms with E-state index in [4.69, 9.17) is 16.3 Å². The maximum absolute atomic E-state index is 12.0. The molecular weight excluding hydrogens is 252 g/mol. The zero-order chi connectivity index (χ0) is 13.0. The van der Waals surface area contributed by atoms with E-state index in [1.54, 1.807) is 19.4 Å². The average Bonchev–Trinajstić information content (AvgIpc) is 3.15. The van der Waals surface area contributed by atoms with E-state index in [1.165, 1.54) is 0 Å². The van der Waals surface area contributed by atoms with Crippen LogP contribution in [0.3, 0.4) is 0 Å². The van der Waals surface area contributed by atoms with Gasteiger partial charge in [0.25, 0.3) is 5.91 Å². The Bertz CT molecular complexity index is 433. The number of pyridine rings is 1. The van der Waals surface area contributed by atoms with Crippen LogP contribution >= 0.6 is 11.6 Å². The Morgan fingerprint density at radius 2 is 2.39 bits per heavy atom. The smallest absolute Gasteiger partial charge is 0.253 e. The molecule has 1 N–H and O–H groups in total. The van der Waals surface area contributed by atoms with Crippen LogP contribution in [0.15, 0.2) is 12.3 Å². The van der Waals surface area contributed by atoms with E-state index in [0.717, 1.165) is 31.4 Å². The number of aromatic nitrogens is 1. The van der Waals surface area contributed by atoms with Crippen LogP contribution in [-0.2, 0) is 11.2 Å². The summed E-state index contributed by atoms with van der Waals surface area (Å²) in [6, 6.07) is 2.11. The number of hydrogen-bond acceptors (Lipinski definition) is 3. The van der Waals surface area contributed by atoms with E-state index in [1.807, 2.05) is 0 Å². The highest BCUT2D eigenvalue weighted by Gasteiger charge is 2.24. The molecule has 0 bridgehead atoms. The minimum Gasteiger partial charge on any atom is -0.385 e. The van der Waals surface area contributed by atoms with E-state index in [-0.39, 0.29) is 5.91 Å². The minimum absolute atomic E-state index is 0.0992. The van der Waals surface area contributed by atoms with Crippen LogP contribution < -0.4 is 5.32 Å². The summed E-state index contributed by atoms with van der Waals surface area (Å²) in [6.07, 6.45) is 5.35. The van der Waals surface area contributed by atoms with Crippen molar-refractivity contribution in [2.75, 3.05) is 13.7 Å². The number of ether oxygens (including phenoxy) is 1. The van der Waals surface area contributed by atoms with E-state index in [9.17, 15) is 4.79 Å². The second kappa shape index (κ2) is 6.16. The number of rotatable bonds is 6. The fraction of sp³-hybridized carbons (Fsp3) is 0.538. The van der Waals surface area contributed by atoms with Gasteiger partial charge in [0, 0.05) is 31.6 Å². The van der Waals surface area contributed by atoms with Gasteiger partial charge in [0.15, 0.2) is 0 Å². The Morgan fingerprint density at radius 1 is 1.61 bits per heavy atom. The van der Waals surface area contributed by atoms with E-state index in [2.05, 4.69) is 10.3 Å². The van der Waals surface area contributed by atoms with Gasteiger partial charge in [-0.15, -0.1) is 0 Å². The number of carbonyl (C=O) groups is 1. The molecule has 0 aliphatic heterocycles. The van der Waals surface area contributed by atoms with Crippen LogP contribution in [-0.4, -0.2) is 30.6 Å². The fourth-order valence-electron chi connectivity index (χ4n) is 1.68. The Morgan fingerprint density at radius 3 is 3.06 bits per heavy atom. The number of halogens is 1. The standard InChI is InChI=1S/C13H17ClN2O2/c1-18-6-2-3-10-7-11(12(14)8-15-10)13(17)16-9-4-5-9/h7-9H,2-6H2,1H3,(H,16,17). The van der Waals surface area contributed by atoms with Gasteiger partial charge in [0.1, 0.15) is 0 Å². The molecule has 18 heavy (non-hydrogen) atoms. The molecular formula is C13H17ClN2O2. The number of methoxy groups -OCH3 is 1. The second-order valence-corrected chi connectivity index (χ2v) is 4.91. The maximum atomic E-state index is 12.0. The lowest BCUT2D eigenvalue weighted by molar-refractivity contribution is 0.0951. The summed E-state index contributed by atoms with van der Waals surface area (Å²) in [7, 11) is 1.67. The molecule has 1 saturated carbocycles. The molecule has 1 fully saturated rings. The van der Waals surface area contributed by atoms with Crippen molar-refractivity contribution in [3.8, 4) is 0 Å². The minimum atomic E-state index is -0.0992. The summed E-state index contributed by atoms with van der Waals surface area (Å²) in [5.74, 6) is -0.0992. The topological polar surface area (TPSA) is 51.2 Å². The van der Waals surface area contributed by atoms with Crippen molar-refractivity contribution in [2.24, 2.45) is 0 Å². The predicted molar refractivity (Wildman–Crippen MR) is 69.9 cm³/mol. The van der Waals surface area contributed by atoms with Crippen molar-refractivity contribution < 1.29 is 9.53 Å². The first kappa shape index (κ1) is 13.3. The van der Waals surface area contributed by atoms with Crippen LogP contribution in [0, 0.1) is 0 Å². The van der Waals surface area contributed by atoms with Gasteiger partial charge in [-0.2, -0.15) is 0 Å². The fourth-order valence-corrected chi connectivity index (χ4v) is 1.87. The van der Waals surface area contributed by atoms with E-state index >= 15 is 0 Å². The summed E-state index contributed by atoms with van der Waals surface area (Å²) >= 11 is 6.01. The zero-order valence-electron chi connectivity index (χ0n) is 10.4. The highest BCUT2D eigenvalue weighted by Crippen LogP contribution is 2.21. The Kier molecular flexibility index (Phi) is 4.55. The first-order chi connectivity index (χ1) is 8.70. The van der Waals surface area contributed by atoms with Crippen molar-refractivity contribution in [1.29, 1.82) is 0 Å². The van der Waals surface area contributed by atoms with Gasteiger partial charge in [0.05, 0.1) is 10.6 Å². The maximum Gasteiger partial charge on any atom is 0.253 e. The molecule has 1 amide bonds. The van der Waals surface area contributed by atoms with Crippen LogP contribution in [0.4, 0.5) is 0 Å². The summed E-state index contributed by atoms with van der Waals surface area (Å²) < 4.78 is 4.99. The molecule has 2 rings (SSSR count). The van der Waals surface area contributed by atoms with Crippen LogP contribution in [0.1, 0.15) is 35.3 Å². The van der Waals surface area contributed by atoms with Crippen LogP contribution in [0.2, 0.25) is 5.02 Å². The Balaban J connectivity index is 2.02. The molecule has 98 valence electrons. The predicted octanol–water partition coefficient (Wildman–Crippen LogP) is 2.21. The van der Waals surface area contributed by atoms with Crippen molar-refractivity contribution in [2.45, 2.75) is 31.7 Å². The van der Waals surface area contributed by atoms with E-state index < -0.39 is 0 Å². The van der Waals surface area contributed by atoms with Gasteiger partial charge >= 0.3 is 0 Å². The third-order valence-electron chi connectivity index (χ3n) is 2.85. The number of hydrogen-bond donors (Lipinski definition) is 1. The number of amides is 1. The summed E-state index contributed by atoms with van der Waals surface area (Å²) in [4.78, 5) is 16.2. The summed E-state index contributed by atoms with van der Waals surface area (Å²) in [6.45, 7) is 0.688. The number of carbonyl (C=O) groups excluding carboxylic acids is 1. The van der Waals surface area contributed by atoms with Gasteiger partial charge in [-0.25, -0.2) is 0 Å². The van der Waals surface area contributed by atoms with Crippen molar-refractivity contribution in [1.82, 2.24) is 10.3 Å². The molecule has 4 nitrogen and oxygen atoms in total. The van der Waals surface area contributed by atoms with Crippen LogP contribution in [0.25, 0.3) is 0 Å². The molecule has 0 atom stereocenters. The summed E-state index contributed by atoms with van der Waals surface area (Å²) in [5.41, 5.74) is 1.39. The molecule has 0 saturated heterocycles. The lowest BCUT2D eigenvalue weighted by Gasteiger charge is -2.07. The van der Waals surface area contributed by atoms with Crippen molar-refractivity contribution in [3.63, 3.8) is 0 Å². The number of aryl methyl sites for hydroxylation is 1. The first-order valence-electron chi connectivity index (χ1n) is 6.15. The summed E-state index contributed by atoms with van der Waals surface area (Å²) in [5, 5.41) is 3.34. The van der Waals surface area contributed by atoms with Crippen LogP contribution in [0.5, 0.6) is 0 Å². The van der Waals surface area contributed by atoms with Gasteiger partial charge in [-0.05, 0) is 31.7 Å². The third-order valence-corrected chi connectivity index (χ3v) is 3.15. The zero-order valence-corrected chi connectivity index (χ0v) is 11.2. The molecule has 1 aromatic rings. The van der Waals surface area contributed by atoms with Crippen molar-refractivity contribution >= 4 is 17.5 Å². The Hall–Kier alpha value is -1.13. The lowest BCUT2D eigenvalue weighted by atomic mass is 10.1. The number of nitrogens with one attached hydrogen (secondary N) is 1. The van der Waals surface area contributed by atoms with Gasteiger partial charge in [-0.3, -0.25) is 9.78 Å². The molecule has 1 aliphatic carbocycles. The molecule has 0 unspecified atom stereocenters. The van der Waals surface area contributed by atoms with Gasteiger partial charge < -0.3 is 10.1 Å². The monoisotopic (exact) mass is 268 g/mol. The highest BCUT2D eigenvalue weighted by atomic mass is 35.5. The molecule has 1 aromatic heterocycles. The highest BCUT2D eigenvalue weighted by molar-refractivity contribution is 6.33. The molecule has 1 heterocycles. The molecule has 0 aromatic carbocycles. The SMILES string of the molecule is COCCCc1cc(C(=O)NC2CC2)c(Cl)cn1. The molecule has 0 spiro atoms.